The Labute approximate surface area is 108 Å². The number of anilines is 2. The molecular weight excluding hydrogens is 232 g/mol. The van der Waals surface area contributed by atoms with E-state index in [1.165, 1.54) is 6.33 Å². The molecule has 0 radical (unpaired) electrons. The molecule has 1 atom stereocenters. The van der Waals surface area contributed by atoms with E-state index in [0.717, 1.165) is 6.42 Å². The normalized spacial score (nSPS) is 13.2. The fraction of sp³-hybridized carbons (Fsp3) is 0.667. The highest BCUT2D eigenvalue weighted by molar-refractivity contribution is 5.67. The van der Waals surface area contributed by atoms with Crippen LogP contribution in [0.4, 0.5) is 11.5 Å². The molecule has 1 rings (SSSR count). The monoisotopic (exact) mass is 254 g/mol. The van der Waals surface area contributed by atoms with Crippen LogP contribution in [-0.2, 0) is 0 Å². The van der Waals surface area contributed by atoms with Crippen LogP contribution >= 0.6 is 0 Å². The summed E-state index contributed by atoms with van der Waals surface area (Å²) in [6.45, 7) is 8.00. The minimum Gasteiger partial charge on any atom is -0.476 e. The van der Waals surface area contributed by atoms with Crippen molar-refractivity contribution in [2.24, 2.45) is 0 Å². The Kier molecular flexibility index (Phi) is 4.72. The lowest BCUT2D eigenvalue weighted by atomic mass is 9.99. The summed E-state index contributed by atoms with van der Waals surface area (Å²) in [5.74, 6) is 0.845. The fourth-order valence-corrected chi connectivity index (χ4v) is 1.20. The van der Waals surface area contributed by atoms with Gasteiger partial charge in [0.2, 0.25) is 5.88 Å². The molecule has 0 bridgehead atoms. The molecule has 0 aliphatic heterocycles. The van der Waals surface area contributed by atoms with Crippen molar-refractivity contribution in [2.75, 3.05) is 17.7 Å². The molecule has 0 aliphatic carbocycles. The second-order valence-corrected chi connectivity index (χ2v) is 4.81. The lowest BCUT2D eigenvalue weighted by molar-refractivity contribution is 0.133. The Bertz CT molecular complexity index is 394. The molecule has 102 valence electrons. The summed E-state index contributed by atoms with van der Waals surface area (Å²) in [5.41, 5.74) is 5.76. The molecule has 0 aliphatic rings. The summed E-state index contributed by atoms with van der Waals surface area (Å²) in [5, 5.41) is 12.8. The Morgan fingerprint density at radius 2 is 2.17 bits per heavy atom. The Morgan fingerprint density at radius 3 is 2.72 bits per heavy atom. The first-order valence-corrected chi connectivity index (χ1v) is 6.08. The van der Waals surface area contributed by atoms with Gasteiger partial charge in [-0.2, -0.15) is 4.98 Å². The highest BCUT2D eigenvalue weighted by Gasteiger charge is 2.25. The second kappa shape index (κ2) is 5.86. The molecule has 0 spiro atoms. The van der Waals surface area contributed by atoms with Gasteiger partial charge in [0.05, 0.1) is 18.2 Å². The SMILES string of the molecule is CCCOc1ncnc(NC(C)(C)C(C)O)c1N. The molecule has 1 unspecified atom stereocenters. The summed E-state index contributed by atoms with van der Waals surface area (Å²) >= 11 is 0. The number of aliphatic hydroxyl groups excluding tert-OH is 1. The number of ether oxygens (including phenoxy) is 1. The van der Waals surface area contributed by atoms with Gasteiger partial charge in [0.1, 0.15) is 12.0 Å². The zero-order valence-corrected chi connectivity index (χ0v) is 11.4. The fourth-order valence-electron chi connectivity index (χ4n) is 1.20. The van der Waals surface area contributed by atoms with Gasteiger partial charge in [-0.05, 0) is 27.2 Å². The number of nitrogens with zero attached hydrogens (tertiary/aromatic N) is 2. The third kappa shape index (κ3) is 3.46. The van der Waals surface area contributed by atoms with Crippen molar-refractivity contribution in [1.29, 1.82) is 0 Å². The van der Waals surface area contributed by atoms with Crippen LogP contribution in [-0.4, -0.2) is 33.3 Å². The summed E-state index contributed by atoms with van der Waals surface area (Å²) in [4.78, 5) is 8.07. The number of rotatable bonds is 6. The summed E-state index contributed by atoms with van der Waals surface area (Å²) in [6, 6.07) is 0. The number of nitrogens with one attached hydrogen (secondary N) is 1. The molecule has 0 fully saturated rings. The zero-order chi connectivity index (χ0) is 13.8. The first kappa shape index (κ1) is 14.5. The van der Waals surface area contributed by atoms with Crippen LogP contribution < -0.4 is 15.8 Å². The van der Waals surface area contributed by atoms with Gasteiger partial charge in [-0.15, -0.1) is 0 Å². The lowest BCUT2D eigenvalue weighted by Crippen LogP contribution is -2.42. The first-order valence-electron chi connectivity index (χ1n) is 6.08. The Hall–Kier alpha value is -1.56. The third-order valence-electron chi connectivity index (χ3n) is 2.78. The number of aliphatic hydroxyl groups is 1. The summed E-state index contributed by atoms with van der Waals surface area (Å²) in [6.07, 6.45) is 1.72. The van der Waals surface area contributed by atoms with E-state index >= 15 is 0 Å². The van der Waals surface area contributed by atoms with Crippen LogP contribution in [0, 0.1) is 0 Å². The van der Waals surface area contributed by atoms with Crippen LogP contribution in [0.1, 0.15) is 34.1 Å². The smallest absolute Gasteiger partial charge is 0.242 e. The standard InChI is InChI=1S/C12H22N4O2/c1-5-6-18-11-9(13)10(14-7-15-11)16-12(3,4)8(2)17/h7-8,17H,5-6,13H2,1-4H3,(H,14,15,16). The van der Waals surface area contributed by atoms with E-state index in [9.17, 15) is 5.11 Å². The van der Waals surface area contributed by atoms with Crippen molar-refractivity contribution in [3.8, 4) is 5.88 Å². The molecule has 6 nitrogen and oxygen atoms in total. The van der Waals surface area contributed by atoms with Gasteiger partial charge < -0.3 is 20.9 Å². The number of aromatic nitrogens is 2. The van der Waals surface area contributed by atoms with Crippen molar-refractivity contribution in [3.05, 3.63) is 6.33 Å². The van der Waals surface area contributed by atoms with Gasteiger partial charge in [-0.1, -0.05) is 6.92 Å². The van der Waals surface area contributed by atoms with Gasteiger partial charge in [0, 0.05) is 0 Å². The molecule has 1 aromatic heterocycles. The highest BCUT2D eigenvalue weighted by atomic mass is 16.5. The van der Waals surface area contributed by atoms with Crippen LogP contribution in [0.3, 0.4) is 0 Å². The van der Waals surface area contributed by atoms with Gasteiger partial charge >= 0.3 is 0 Å². The molecule has 0 saturated carbocycles. The predicted molar refractivity (Wildman–Crippen MR) is 71.6 cm³/mol. The van der Waals surface area contributed by atoms with Gasteiger partial charge in [0.25, 0.3) is 0 Å². The van der Waals surface area contributed by atoms with E-state index < -0.39 is 11.6 Å². The van der Waals surface area contributed by atoms with Crippen LogP contribution in [0.2, 0.25) is 0 Å². The molecule has 4 N–H and O–H groups in total. The molecule has 0 aromatic carbocycles. The van der Waals surface area contributed by atoms with Crippen LogP contribution in [0.25, 0.3) is 0 Å². The molecule has 6 heteroatoms. The van der Waals surface area contributed by atoms with Gasteiger partial charge in [0.15, 0.2) is 5.82 Å². The molecule has 1 aromatic rings. The van der Waals surface area contributed by atoms with Crippen molar-refractivity contribution >= 4 is 11.5 Å². The topological polar surface area (TPSA) is 93.3 Å². The maximum absolute atomic E-state index is 9.67. The van der Waals surface area contributed by atoms with Crippen LogP contribution in [0.15, 0.2) is 6.33 Å². The highest BCUT2D eigenvalue weighted by Crippen LogP contribution is 2.27. The number of hydrogen-bond acceptors (Lipinski definition) is 6. The molecule has 0 saturated heterocycles. The van der Waals surface area contributed by atoms with E-state index in [4.69, 9.17) is 10.5 Å². The van der Waals surface area contributed by atoms with Gasteiger partial charge in [-0.25, -0.2) is 4.98 Å². The van der Waals surface area contributed by atoms with Crippen molar-refractivity contribution in [1.82, 2.24) is 9.97 Å². The summed E-state index contributed by atoms with van der Waals surface area (Å²) < 4.78 is 5.42. The molecule has 18 heavy (non-hydrogen) atoms. The average Bonchev–Trinajstić information content (AvgIpc) is 2.30. The third-order valence-corrected chi connectivity index (χ3v) is 2.78. The van der Waals surface area contributed by atoms with Crippen molar-refractivity contribution in [2.45, 2.75) is 45.8 Å². The maximum atomic E-state index is 9.67. The largest absolute Gasteiger partial charge is 0.476 e. The maximum Gasteiger partial charge on any atom is 0.242 e. The summed E-state index contributed by atoms with van der Waals surface area (Å²) in [7, 11) is 0. The van der Waals surface area contributed by atoms with Crippen molar-refractivity contribution in [3.63, 3.8) is 0 Å². The van der Waals surface area contributed by atoms with E-state index in [2.05, 4.69) is 15.3 Å². The minimum atomic E-state index is -0.549. The molecular formula is C12H22N4O2. The lowest BCUT2D eigenvalue weighted by Gasteiger charge is -2.30. The van der Waals surface area contributed by atoms with E-state index in [0.29, 0.717) is 24.0 Å². The molecule has 0 amide bonds. The number of hydrogen-bond donors (Lipinski definition) is 3. The predicted octanol–water partition coefficient (Wildman–Crippen LogP) is 1.42. The Morgan fingerprint density at radius 1 is 1.50 bits per heavy atom. The number of nitrogen functional groups attached to an aromatic ring is 1. The van der Waals surface area contributed by atoms with E-state index in [1.807, 2.05) is 20.8 Å². The zero-order valence-electron chi connectivity index (χ0n) is 11.4. The number of nitrogens with two attached hydrogens (primary N) is 1. The quantitative estimate of drug-likeness (QED) is 0.711. The van der Waals surface area contributed by atoms with Gasteiger partial charge in [-0.3, -0.25) is 0 Å². The molecule has 1 heterocycles. The van der Waals surface area contributed by atoms with E-state index in [1.54, 1.807) is 6.92 Å². The minimum absolute atomic E-state index is 0.361. The van der Waals surface area contributed by atoms with E-state index in [-0.39, 0.29) is 0 Å². The Balaban J connectivity index is 2.90. The second-order valence-electron chi connectivity index (χ2n) is 4.81. The van der Waals surface area contributed by atoms with Crippen LogP contribution in [0.5, 0.6) is 5.88 Å². The average molecular weight is 254 g/mol. The first-order chi connectivity index (χ1) is 8.38. The van der Waals surface area contributed by atoms with Crippen molar-refractivity contribution < 1.29 is 9.84 Å².